The van der Waals surface area contributed by atoms with Crippen LogP contribution in [0.3, 0.4) is 0 Å². The van der Waals surface area contributed by atoms with Gasteiger partial charge in [0.2, 0.25) is 5.91 Å². The first-order valence-corrected chi connectivity index (χ1v) is 9.27. The Bertz CT molecular complexity index is 274. The second-order valence-electron chi connectivity index (χ2n) is 6.39. The number of rotatable bonds is 4. The number of nitrogens with one attached hydrogen (secondary N) is 1. The van der Waals surface area contributed by atoms with E-state index in [2.05, 4.69) is 21.2 Å². The average molecular weight is 330 g/mol. The Hall–Kier alpha value is -0.0500. The SMILES string of the molecule is O=C(NCC1CCCCC1CBr)C1CCCCCC1. The normalized spacial score (nSPS) is 29.7. The maximum absolute atomic E-state index is 12.3. The number of carbonyl (C=O) groups is 1. The van der Waals surface area contributed by atoms with Crippen molar-refractivity contribution in [1.29, 1.82) is 0 Å². The molecule has 19 heavy (non-hydrogen) atoms. The Kier molecular flexibility index (Phi) is 6.69. The van der Waals surface area contributed by atoms with E-state index >= 15 is 0 Å². The summed E-state index contributed by atoms with van der Waals surface area (Å²) in [6.07, 6.45) is 12.7. The lowest BCUT2D eigenvalue weighted by molar-refractivity contribution is -0.125. The Labute approximate surface area is 126 Å². The van der Waals surface area contributed by atoms with Crippen molar-refractivity contribution < 1.29 is 4.79 Å². The minimum atomic E-state index is 0.300. The Morgan fingerprint density at radius 3 is 2.11 bits per heavy atom. The van der Waals surface area contributed by atoms with Gasteiger partial charge in [0.25, 0.3) is 0 Å². The molecule has 2 unspecified atom stereocenters. The van der Waals surface area contributed by atoms with Crippen molar-refractivity contribution in [2.45, 2.75) is 64.2 Å². The lowest BCUT2D eigenvalue weighted by Crippen LogP contribution is -2.37. The highest BCUT2D eigenvalue weighted by Crippen LogP contribution is 2.31. The first-order valence-electron chi connectivity index (χ1n) is 8.15. The molecule has 0 saturated heterocycles. The molecule has 2 aliphatic carbocycles. The number of alkyl halides is 1. The zero-order valence-electron chi connectivity index (χ0n) is 12.0. The molecule has 110 valence electrons. The summed E-state index contributed by atoms with van der Waals surface area (Å²) in [5, 5.41) is 4.35. The van der Waals surface area contributed by atoms with E-state index in [0.717, 1.165) is 30.6 Å². The number of halogens is 1. The van der Waals surface area contributed by atoms with Gasteiger partial charge in [-0.25, -0.2) is 0 Å². The molecule has 2 fully saturated rings. The van der Waals surface area contributed by atoms with Crippen LogP contribution in [-0.2, 0) is 4.79 Å². The molecule has 2 aliphatic rings. The van der Waals surface area contributed by atoms with E-state index < -0.39 is 0 Å². The molecule has 1 N–H and O–H groups in total. The molecule has 0 aromatic heterocycles. The molecule has 2 rings (SSSR count). The largest absolute Gasteiger partial charge is 0.356 e. The van der Waals surface area contributed by atoms with Gasteiger partial charge in [0.15, 0.2) is 0 Å². The predicted octanol–water partition coefficient (Wildman–Crippen LogP) is 4.27. The number of carbonyl (C=O) groups excluding carboxylic acids is 1. The van der Waals surface area contributed by atoms with Crippen molar-refractivity contribution in [1.82, 2.24) is 5.32 Å². The molecule has 0 radical (unpaired) electrons. The summed E-state index contributed by atoms with van der Waals surface area (Å²) in [7, 11) is 0. The second-order valence-corrected chi connectivity index (χ2v) is 7.04. The van der Waals surface area contributed by atoms with Gasteiger partial charge in [-0.05, 0) is 37.5 Å². The Morgan fingerprint density at radius 1 is 0.895 bits per heavy atom. The van der Waals surface area contributed by atoms with E-state index in [0.29, 0.717) is 17.7 Å². The van der Waals surface area contributed by atoms with Crippen LogP contribution in [0.1, 0.15) is 64.2 Å². The van der Waals surface area contributed by atoms with Crippen molar-refractivity contribution in [3.8, 4) is 0 Å². The smallest absolute Gasteiger partial charge is 0.223 e. The third kappa shape index (κ3) is 4.77. The summed E-state index contributed by atoms with van der Waals surface area (Å²) >= 11 is 3.63. The zero-order valence-corrected chi connectivity index (χ0v) is 13.6. The van der Waals surface area contributed by atoms with Gasteiger partial charge in [-0.2, -0.15) is 0 Å². The molecular formula is C16H28BrNO. The summed E-state index contributed by atoms with van der Waals surface area (Å²) in [5.74, 6) is 2.10. The van der Waals surface area contributed by atoms with E-state index in [9.17, 15) is 4.79 Å². The summed E-state index contributed by atoms with van der Waals surface area (Å²) in [6.45, 7) is 0.908. The highest BCUT2D eigenvalue weighted by atomic mass is 79.9. The third-order valence-electron chi connectivity index (χ3n) is 5.03. The van der Waals surface area contributed by atoms with E-state index in [-0.39, 0.29) is 0 Å². The molecule has 0 heterocycles. The lowest BCUT2D eigenvalue weighted by Gasteiger charge is -2.30. The van der Waals surface area contributed by atoms with Crippen LogP contribution < -0.4 is 5.32 Å². The Morgan fingerprint density at radius 2 is 1.47 bits per heavy atom. The van der Waals surface area contributed by atoms with Crippen LogP contribution in [0, 0.1) is 17.8 Å². The fourth-order valence-electron chi connectivity index (χ4n) is 3.67. The van der Waals surface area contributed by atoms with Crippen molar-refractivity contribution in [2.24, 2.45) is 17.8 Å². The highest BCUT2D eigenvalue weighted by molar-refractivity contribution is 9.09. The molecule has 3 heteroatoms. The molecule has 2 nitrogen and oxygen atoms in total. The van der Waals surface area contributed by atoms with Crippen molar-refractivity contribution in [2.75, 3.05) is 11.9 Å². The van der Waals surface area contributed by atoms with Gasteiger partial charge in [0.1, 0.15) is 0 Å². The topological polar surface area (TPSA) is 29.1 Å². The minimum absolute atomic E-state index is 0.300. The van der Waals surface area contributed by atoms with Crippen LogP contribution in [0.4, 0.5) is 0 Å². The fraction of sp³-hybridized carbons (Fsp3) is 0.938. The zero-order chi connectivity index (χ0) is 13.5. The third-order valence-corrected chi connectivity index (χ3v) is 5.86. The number of amides is 1. The maximum atomic E-state index is 12.3. The van der Waals surface area contributed by atoms with Gasteiger partial charge in [-0.15, -0.1) is 0 Å². The van der Waals surface area contributed by atoms with Crippen LogP contribution >= 0.6 is 15.9 Å². The van der Waals surface area contributed by atoms with Gasteiger partial charge in [0.05, 0.1) is 0 Å². The molecule has 0 aromatic rings. The first-order chi connectivity index (χ1) is 9.31. The monoisotopic (exact) mass is 329 g/mol. The average Bonchev–Trinajstić information content (AvgIpc) is 2.74. The van der Waals surface area contributed by atoms with Crippen molar-refractivity contribution >= 4 is 21.8 Å². The maximum Gasteiger partial charge on any atom is 0.223 e. The van der Waals surface area contributed by atoms with Crippen LogP contribution in [0.2, 0.25) is 0 Å². The predicted molar refractivity (Wildman–Crippen MR) is 83.4 cm³/mol. The Balaban J connectivity index is 1.75. The van der Waals surface area contributed by atoms with Crippen LogP contribution in [0.15, 0.2) is 0 Å². The van der Waals surface area contributed by atoms with Gasteiger partial charge >= 0.3 is 0 Å². The van der Waals surface area contributed by atoms with Crippen molar-refractivity contribution in [3.05, 3.63) is 0 Å². The van der Waals surface area contributed by atoms with Crippen molar-refractivity contribution in [3.63, 3.8) is 0 Å². The molecule has 0 aromatic carbocycles. The van der Waals surface area contributed by atoms with E-state index in [4.69, 9.17) is 0 Å². The van der Waals surface area contributed by atoms with Gasteiger partial charge in [-0.3, -0.25) is 4.79 Å². The van der Waals surface area contributed by atoms with E-state index in [1.54, 1.807) is 0 Å². The van der Waals surface area contributed by atoms with E-state index in [1.807, 2.05) is 0 Å². The number of hydrogen-bond acceptors (Lipinski definition) is 1. The summed E-state index contributed by atoms with van der Waals surface area (Å²) in [6, 6.07) is 0. The quantitative estimate of drug-likeness (QED) is 0.605. The van der Waals surface area contributed by atoms with Crippen LogP contribution in [-0.4, -0.2) is 17.8 Å². The number of hydrogen-bond donors (Lipinski definition) is 1. The molecule has 2 saturated carbocycles. The van der Waals surface area contributed by atoms with Crippen LogP contribution in [0.5, 0.6) is 0 Å². The van der Waals surface area contributed by atoms with Gasteiger partial charge in [0, 0.05) is 17.8 Å². The van der Waals surface area contributed by atoms with E-state index in [1.165, 1.54) is 51.4 Å². The molecule has 1 amide bonds. The first kappa shape index (κ1) is 15.3. The fourth-order valence-corrected chi connectivity index (χ4v) is 4.53. The highest BCUT2D eigenvalue weighted by Gasteiger charge is 2.26. The van der Waals surface area contributed by atoms with Gasteiger partial charge < -0.3 is 5.32 Å². The van der Waals surface area contributed by atoms with Gasteiger partial charge in [-0.1, -0.05) is 54.5 Å². The summed E-state index contributed by atoms with van der Waals surface area (Å²) in [4.78, 5) is 12.3. The molecule has 2 atom stereocenters. The molecule has 0 aliphatic heterocycles. The lowest BCUT2D eigenvalue weighted by atomic mass is 9.80. The summed E-state index contributed by atoms with van der Waals surface area (Å²) < 4.78 is 0. The second kappa shape index (κ2) is 8.28. The summed E-state index contributed by atoms with van der Waals surface area (Å²) in [5.41, 5.74) is 0. The molecular weight excluding hydrogens is 302 g/mol. The minimum Gasteiger partial charge on any atom is -0.356 e. The van der Waals surface area contributed by atoms with Crippen LogP contribution in [0.25, 0.3) is 0 Å². The standard InChI is InChI=1S/C16H28BrNO/c17-11-14-9-5-6-10-15(14)12-18-16(19)13-7-3-1-2-4-8-13/h13-15H,1-12H2,(H,18,19). The molecule has 0 bridgehead atoms. The molecule has 0 spiro atoms.